The summed E-state index contributed by atoms with van der Waals surface area (Å²) in [7, 11) is 0. The van der Waals surface area contributed by atoms with E-state index in [9.17, 15) is 0 Å². The number of fused-ring (bicyclic) bond motifs is 6. The van der Waals surface area contributed by atoms with Crippen molar-refractivity contribution in [1.29, 1.82) is 0 Å². The smallest absolute Gasteiger partial charge is 0.00849 e. The van der Waals surface area contributed by atoms with Crippen LogP contribution < -0.4 is 0 Å². The standard InChI is InChI=1S/C16H12/c1-2-6-12-11(5-1)13-7-3-9-15(13)16-10-4-8-14(12)16/h1-8H,9-10H2. The van der Waals surface area contributed by atoms with E-state index >= 15 is 0 Å². The minimum atomic E-state index is 1.12. The molecule has 0 atom stereocenters. The summed E-state index contributed by atoms with van der Waals surface area (Å²) in [6.07, 6.45) is 11.4. The zero-order valence-corrected chi connectivity index (χ0v) is 9.03. The quantitative estimate of drug-likeness (QED) is 0.609. The van der Waals surface area contributed by atoms with Crippen molar-refractivity contribution in [2.75, 3.05) is 0 Å². The first-order valence-corrected chi connectivity index (χ1v) is 5.84. The van der Waals surface area contributed by atoms with Crippen LogP contribution in [0, 0.1) is 0 Å². The Balaban J connectivity index is 2.27. The highest BCUT2D eigenvalue weighted by Gasteiger charge is 2.19. The van der Waals surface area contributed by atoms with Gasteiger partial charge in [0.1, 0.15) is 0 Å². The second-order valence-corrected chi connectivity index (χ2v) is 4.54. The summed E-state index contributed by atoms with van der Waals surface area (Å²) < 4.78 is 0. The molecule has 0 N–H and O–H groups in total. The maximum Gasteiger partial charge on any atom is -0.00849 e. The van der Waals surface area contributed by atoms with Gasteiger partial charge in [-0.05, 0) is 45.9 Å². The molecule has 0 heterocycles. The van der Waals surface area contributed by atoms with E-state index in [1.54, 1.807) is 11.1 Å². The third-order valence-corrected chi connectivity index (χ3v) is 3.73. The van der Waals surface area contributed by atoms with E-state index < -0.39 is 0 Å². The lowest BCUT2D eigenvalue weighted by molar-refractivity contribution is 1.19. The summed E-state index contributed by atoms with van der Waals surface area (Å²) in [5.41, 5.74) is 6.02. The molecule has 0 heteroatoms. The molecular formula is C16H12. The molecule has 16 heavy (non-hydrogen) atoms. The Kier molecular flexibility index (Phi) is 1.49. The highest BCUT2D eigenvalue weighted by atomic mass is 14.2. The van der Waals surface area contributed by atoms with Gasteiger partial charge >= 0.3 is 0 Å². The van der Waals surface area contributed by atoms with Crippen LogP contribution in [0.3, 0.4) is 0 Å². The summed E-state index contributed by atoms with van der Waals surface area (Å²) in [6.45, 7) is 0. The highest BCUT2D eigenvalue weighted by Crippen LogP contribution is 2.38. The Morgan fingerprint density at radius 3 is 1.69 bits per heavy atom. The maximum absolute atomic E-state index is 2.29. The van der Waals surface area contributed by atoms with E-state index in [1.165, 1.54) is 21.9 Å². The van der Waals surface area contributed by atoms with Crippen LogP contribution in [0.2, 0.25) is 0 Å². The molecule has 2 aromatic rings. The van der Waals surface area contributed by atoms with Crippen molar-refractivity contribution >= 4 is 22.9 Å². The molecule has 2 aliphatic rings. The number of hydrogen-bond acceptors (Lipinski definition) is 0. The van der Waals surface area contributed by atoms with Crippen LogP contribution in [0.4, 0.5) is 0 Å². The summed E-state index contributed by atoms with van der Waals surface area (Å²) in [4.78, 5) is 0. The lowest BCUT2D eigenvalue weighted by Crippen LogP contribution is -1.95. The zero-order chi connectivity index (χ0) is 10.5. The molecule has 0 unspecified atom stereocenters. The first-order chi connectivity index (χ1) is 7.95. The summed E-state index contributed by atoms with van der Waals surface area (Å²) >= 11 is 0. The highest BCUT2D eigenvalue weighted by molar-refractivity contribution is 6.01. The fourth-order valence-electron chi connectivity index (χ4n) is 3.04. The van der Waals surface area contributed by atoms with Crippen molar-refractivity contribution in [3.8, 4) is 0 Å². The summed E-state index contributed by atoms with van der Waals surface area (Å²) in [5, 5.41) is 2.83. The molecule has 0 spiro atoms. The van der Waals surface area contributed by atoms with Gasteiger partial charge in [-0.3, -0.25) is 0 Å². The van der Waals surface area contributed by atoms with E-state index in [1.807, 2.05) is 0 Å². The Labute approximate surface area is 94.9 Å². The van der Waals surface area contributed by atoms with Crippen molar-refractivity contribution in [2.24, 2.45) is 0 Å². The maximum atomic E-state index is 2.29. The van der Waals surface area contributed by atoms with E-state index in [0.717, 1.165) is 12.8 Å². The van der Waals surface area contributed by atoms with Gasteiger partial charge in [0.2, 0.25) is 0 Å². The first-order valence-electron chi connectivity index (χ1n) is 5.84. The average Bonchev–Trinajstić information content (AvgIpc) is 2.98. The van der Waals surface area contributed by atoms with Crippen molar-refractivity contribution in [1.82, 2.24) is 0 Å². The zero-order valence-electron chi connectivity index (χ0n) is 9.03. The van der Waals surface area contributed by atoms with Gasteiger partial charge in [-0.25, -0.2) is 0 Å². The molecule has 0 bridgehead atoms. The number of hydrogen-bond donors (Lipinski definition) is 0. The molecule has 2 aliphatic carbocycles. The van der Waals surface area contributed by atoms with Gasteiger partial charge < -0.3 is 0 Å². The molecule has 2 aromatic carbocycles. The minimum Gasteiger partial charge on any atom is -0.0795 e. The molecule has 0 radical (unpaired) electrons. The lowest BCUT2D eigenvalue weighted by atomic mass is 9.91. The van der Waals surface area contributed by atoms with Crippen molar-refractivity contribution in [3.05, 3.63) is 58.7 Å². The SMILES string of the molecule is C1=Cc2c(c3c(c4ccccc24)C=CC3)C1. The summed E-state index contributed by atoms with van der Waals surface area (Å²) in [5.74, 6) is 0. The number of rotatable bonds is 0. The molecule has 0 saturated heterocycles. The molecule has 0 fully saturated rings. The molecule has 0 nitrogen and oxygen atoms in total. The fraction of sp³-hybridized carbons (Fsp3) is 0.125. The van der Waals surface area contributed by atoms with Gasteiger partial charge in [0.05, 0.1) is 0 Å². The normalized spacial score (nSPS) is 15.8. The van der Waals surface area contributed by atoms with Crippen LogP contribution in [0.5, 0.6) is 0 Å². The molecule has 0 amide bonds. The molecule has 0 aromatic heterocycles. The van der Waals surface area contributed by atoms with E-state index in [2.05, 4.69) is 48.6 Å². The number of allylic oxidation sites excluding steroid dienone is 2. The van der Waals surface area contributed by atoms with Gasteiger partial charge in [-0.15, -0.1) is 0 Å². The number of benzene rings is 2. The predicted molar refractivity (Wildman–Crippen MR) is 69.4 cm³/mol. The van der Waals surface area contributed by atoms with Crippen LogP contribution >= 0.6 is 0 Å². The Bertz CT molecular complexity index is 599. The lowest BCUT2D eigenvalue weighted by Gasteiger charge is -2.12. The Morgan fingerprint density at radius 1 is 0.688 bits per heavy atom. The third kappa shape index (κ3) is 0.898. The van der Waals surface area contributed by atoms with Crippen molar-refractivity contribution in [2.45, 2.75) is 12.8 Å². The van der Waals surface area contributed by atoms with Gasteiger partial charge in [0, 0.05) is 0 Å². The molecule has 76 valence electrons. The van der Waals surface area contributed by atoms with Gasteiger partial charge in [-0.1, -0.05) is 48.6 Å². The van der Waals surface area contributed by atoms with Crippen molar-refractivity contribution in [3.63, 3.8) is 0 Å². The molecular weight excluding hydrogens is 192 g/mol. The van der Waals surface area contributed by atoms with E-state index in [-0.39, 0.29) is 0 Å². The first kappa shape index (κ1) is 8.35. The van der Waals surface area contributed by atoms with Crippen LogP contribution in [0.1, 0.15) is 22.3 Å². The van der Waals surface area contributed by atoms with Gasteiger partial charge in [-0.2, -0.15) is 0 Å². The monoisotopic (exact) mass is 204 g/mol. The largest absolute Gasteiger partial charge is 0.0795 e. The van der Waals surface area contributed by atoms with E-state index in [0.29, 0.717) is 0 Å². The second kappa shape index (κ2) is 2.85. The Hall–Kier alpha value is -1.82. The van der Waals surface area contributed by atoms with Crippen LogP contribution in [0.25, 0.3) is 22.9 Å². The van der Waals surface area contributed by atoms with Crippen molar-refractivity contribution < 1.29 is 0 Å². The third-order valence-electron chi connectivity index (χ3n) is 3.73. The molecule has 4 rings (SSSR count). The topological polar surface area (TPSA) is 0 Å². The van der Waals surface area contributed by atoms with Crippen LogP contribution in [-0.2, 0) is 12.8 Å². The second-order valence-electron chi connectivity index (χ2n) is 4.54. The molecule has 0 aliphatic heterocycles. The average molecular weight is 204 g/mol. The van der Waals surface area contributed by atoms with Gasteiger partial charge in [0.15, 0.2) is 0 Å². The summed E-state index contributed by atoms with van der Waals surface area (Å²) in [6, 6.07) is 8.77. The van der Waals surface area contributed by atoms with Gasteiger partial charge in [0.25, 0.3) is 0 Å². The predicted octanol–water partition coefficient (Wildman–Crippen LogP) is 3.98. The Morgan fingerprint density at radius 2 is 1.19 bits per heavy atom. The van der Waals surface area contributed by atoms with Crippen LogP contribution in [-0.4, -0.2) is 0 Å². The van der Waals surface area contributed by atoms with E-state index in [4.69, 9.17) is 0 Å². The minimum absolute atomic E-state index is 1.12. The molecule has 0 saturated carbocycles. The fourth-order valence-corrected chi connectivity index (χ4v) is 3.04. The van der Waals surface area contributed by atoms with Crippen LogP contribution in [0.15, 0.2) is 36.4 Å².